The Morgan fingerprint density at radius 2 is 1.91 bits per heavy atom. The van der Waals surface area contributed by atoms with Crippen LogP contribution in [0.1, 0.15) is 21.5 Å². The van der Waals surface area contributed by atoms with E-state index >= 15 is 0 Å². The Labute approximate surface area is 138 Å². The van der Waals surface area contributed by atoms with Crippen LogP contribution in [0.4, 0.5) is 0 Å². The van der Waals surface area contributed by atoms with Gasteiger partial charge in [-0.15, -0.1) is 0 Å². The summed E-state index contributed by atoms with van der Waals surface area (Å²) < 4.78 is 1.85. The third kappa shape index (κ3) is 3.76. The number of hydrogen-bond donors (Lipinski definition) is 1. The van der Waals surface area contributed by atoms with Crippen LogP contribution in [0.3, 0.4) is 0 Å². The minimum Gasteiger partial charge on any atom is -0.348 e. The van der Waals surface area contributed by atoms with Crippen molar-refractivity contribution in [2.75, 3.05) is 0 Å². The largest absolute Gasteiger partial charge is 0.348 e. The molecule has 2 heterocycles. The van der Waals surface area contributed by atoms with E-state index in [2.05, 4.69) is 15.4 Å². The molecule has 2 aromatic heterocycles. The predicted octanol–water partition coefficient (Wildman–Crippen LogP) is 2.91. The Balaban J connectivity index is 1.71. The summed E-state index contributed by atoms with van der Waals surface area (Å²) in [6.07, 6.45) is 5.21. The monoisotopic (exact) mass is 326 g/mol. The number of nitrogens with one attached hydrogen (secondary N) is 1. The molecule has 0 aliphatic rings. The molecule has 116 valence electrons. The number of rotatable bonds is 5. The molecule has 0 bridgehead atoms. The Morgan fingerprint density at radius 1 is 1.09 bits per heavy atom. The van der Waals surface area contributed by atoms with Gasteiger partial charge in [0, 0.05) is 25.1 Å². The van der Waals surface area contributed by atoms with Gasteiger partial charge in [-0.05, 0) is 29.3 Å². The second kappa shape index (κ2) is 7.07. The fourth-order valence-corrected chi connectivity index (χ4v) is 2.48. The van der Waals surface area contributed by atoms with E-state index in [1.54, 1.807) is 24.5 Å². The standard InChI is InChI=1S/C17H15ClN4O/c18-16-15(7-3-8-19-16)17(23)20-11-13-5-1-2-6-14(13)12-22-10-4-9-21-22/h1-10H,11-12H2,(H,20,23). The SMILES string of the molecule is O=C(NCc1ccccc1Cn1cccn1)c1cccnc1Cl. The molecule has 1 amide bonds. The number of carbonyl (C=O) groups is 1. The van der Waals surface area contributed by atoms with E-state index in [1.807, 2.05) is 41.2 Å². The van der Waals surface area contributed by atoms with Crippen molar-refractivity contribution < 1.29 is 4.79 Å². The van der Waals surface area contributed by atoms with E-state index in [9.17, 15) is 4.79 Å². The molecule has 0 saturated heterocycles. The number of benzene rings is 1. The Hall–Kier alpha value is -2.66. The van der Waals surface area contributed by atoms with Gasteiger partial charge in [0.1, 0.15) is 5.15 Å². The van der Waals surface area contributed by atoms with Gasteiger partial charge in [-0.1, -0.05) is 35.9 Å². The van der Waals surface area contributed by atoms with Crippen LogP contribution in [0.2, 0.25) is 5.15 Å². The zero-order chi connectivity index (χ0) is 16.1. The summed E-state index contributed by atoms with van der Waals surface area (Å²) in [6.45, 7) is 1.08. The molecular weight excluding hydrogens is 312 g/mol. The molecule has 0 unspecified atom stereocenters. The van der Waals surface area contributed by atoms with Crippen molar-refractivity contribution in [1.82, 2.24) is 20.1 Å². The first-order chi connectivity index (χ1) is 11.2. The minimum atomic E-state index is -0.239. The zero-order valence-electron chi connectivity index (χ0n) is 12.3. The first kappa shape index (κ1) is 15.2. The molecule has 23 heavy (non-hydrogen) atoms. The van der Waals surface area contributed by atoms with Crippen molar-refractivity contribution in [3.63, 3.8) is 0 Å². The van der Waals surface area contributed by atoms with Crippen molar-refractivity contribution in [3.05, 3.63) is 82.9 Å². The highest BCUT2D eigenvalue weighted by molar-refractivity contribution is 6.32. The number of pyridine rings is 1. The summed E-state index contributed by atoms with van der Waals surface area (Å²) in [5, 5.41) is 7.30. The summed E-state index contributed by atoms with van der Waals surface area (Å²) in [6, 6.07) is 13.2. The normalized spacial score (nSPS) is 10.5. The summed E-state index contributed by atoms with van der Waals surface area (Å²) in [7, 11) is 0. The van der Waals surface area contributed by atoms with Crippen LogP contribution in [-0.4, -0.2) is 20.7 Å². The van der Waals surface area contributed by atoms with E-state index in [1.165, 1.54) is 0 Å². The fourth-order valence-electron chi connectivity index (χ4n) is 2.28. The molecule has 0 radical (unpaired) electrons. The summed E-state index contributed by atoms with van der Waals surface area (Å²) in [5.74, 6) is -0.239. The third-order valence-corrected chi connectivity index (χ3v) is 3.75. The molecule has 0 aliphatic carbocycles. The smallest absolute Gasteiger partial charge is 0.254 e. The lowest BCUT2D eigenvalue weighted by Crippen LogP contribution is -2.24. The average Bonchev–Trinajstić information content (AvgIpc) is 3.07. The second-order valence-corrected chi connectivity index (χ2v) is 5.35. The van der Waals surface area contributed by atoms with E-state index in [0.29, 0.717) is 18.7 Å². The van der Waals surface area contributed by atoms with Gasteiger partial charge in [-0.3, -0.25) is 9.48 Å². The topological polar surface area (TPSA) is 59.8 Å². The van der Waals surface area contributed by atoms with Gasteiger partial charge < -0.3 is 5.32 Å². The van der Waals surface area contributed by atoms with Crippen LogP contribution in [0, 0.1) is 0 Å². The number of aromatic nitrogens is 3. The highest BCUT2D eigenvalue weighted by Gasteiger charge is 2.11. The van der Waals surface area contributed by atoms with Crippen LogP contribution in [-0.2, 0) is 13.1 Å². The van der Waals surface area contributed by atoms with Crippen molar-refractivity contribution in [1.29, 1.82) is 0 Å². The van der Waals surface area contributed by atoms with Gasteiger partial charge in [0.2, 0.25) is 0 Å². The fraction of sp³-hybridized carbons (Fsp3) is 0.118. The predicted molar refractivity (Wildman–Crippen MR) is 88.2 cm³/mol. The van der Waals surface area contributed by atoms with Crippen molar-refractivity contribution >= 4 is 17.5 Å². The Morgan fingerprint density at radius 3 is 2.65 bits per heavy atom. The van der Waals surface area contributed by atoms with Gasteiger partial charge >= 0.3 is 0 Å². The highest BCUT2D eigenvalue weighted by atomic mass is 35.5. The second-order valence-electron chi connectivity index (χ2n) is 5.00. The maximum absolute atomic E-state index is 12.2. The Kier molecular flexibility index (Phi) is 4.68. The molecule has 5 nitrogen and oxygen atoms in total. The van der Waals surface area contributed by atoms with Crippen LogP contribution in [0.5, 0.6) is 0 Å². The number of nitrogens with zero attached hydrogens (tertiary/aromatic N) is 3. The molecule has 1 N–H and O–H groups in total. The number of hydrogen-bond acceptors (Lipinski definition) is 3. The molecular formula is C17H15ClN4O. The molecule has 0 saturated carbocycles. The molecule has 0 fully saturated rings. The molecule has 6 heteroatoms. The van der Waals surface area contributed by atoms with E-state index in [-0.39, 0.29) is 11.1 Å². The van der Waals surface area contributed by atoms with E-state index in [0.717, 1.165) is 11.1 Å². The maximum Gasteiger partial charge on any atom is 0.254 e. The zero-order valence-corrected chi connectivity index (χ0v) is 13.1. The van der Waals surface area contributed by atoms with Crippen LogP contribution >= 0.6 is 11.6 Å². The lowest BCUT2D eigenvalue weighted by atomic mass is 10.1. The number of carbonyl (C=O) groups excluding carboxylic acids is 1. The van der Waals surface area contributed by atoms with Gasteiger partial charge in [-0.2, -0.15) is 5.10 Å². The first-order valence-electron chi connectivity index (χ1n) is 7.17. The summed E-state index contributed by atoms with van der Waals surface area (Å²) in [4.78, 5) is 16.1. The van der Waals surface area contributed by atoms with Crippen molar-refractivity contribution in [3.8, 4) is 0 Å². The summed E-state index contributed by atoms with van der Waals surface area (Å²) in [5.41, 5.74) is 2.52. The molecule has 3 aromatic rings. The van der Waals surface area contributed by atoms with Crippen LogP contribution < -0.4 is 5.32 Å². The van der Waals surface area contributed by atoms with E-state index < -0.39 is 0 Å². The van der Waals surface area contributed by atoms with E-state index in [4.69, 9.17) is 11.6 Å². The van der Waals surface area contributed by atoms with Crippen LogP contribution in [0.15, 0.2) is 61.1 Å². The van der Waals surface area contributed by atoms with Crippen molar-refractivity contribution in [2.45, 2.75) is 13.1 Å². The lowest BCUT2D eigenvalue weighted by molar-refractivity contribution is 0.0950. The molecule has 0 atom stereocenters. The highest BCUT2D eigenvalue weighted by Crippen LogP contribution is 2.13. The Bertz CT molecular complexity index is 802. The quantitative estimate of drug-likeness (QED) is 0.733. The van der Waals surface area contributed by atoms with Gasteiger partial charge in [-0.25, -0.2) is 4.98 Å². The van der Waals surface area contributed by atoms with Crippen LogP contribution in [0.25, 0.3) is 0 Å². The first-order valence-corrected chi connectivity index (χ1v) is 7.55. The third-order valence-electron chi connectivity index (χ3n) is 3.45. The van der Waals surface area contributed by atoms with Gasteiger partial charge in [0.15, 0.2) is 0 Å². The molecule has 1 aromatic carbocycles. The maximum atomic E-state index is 12.2. The molecule has 0 aliphatic heterocycles. The molecule has 3 rings (SSSR count). The minimum absolute atomic E-state index is 0.204. The van der Waals surface area contributed by atoms with Gasteiger partial charge in [0.25, 0.3) is 5.91 Å². The number of halogens is 1. The van der Waals surface area contributed by atoms with Crippen molar-refractivity contribution in [2.24, 2.45) is 0 Å². The van der Waals surface area contributed by atoms with Gasteiger partial charge in [0.05, 0.1) is 12.1 Å². The number of amides is 1. The average molecular weight is 327 g/mol. The summed E-state index contributed by atoms with van der Waals surface area (Å²) >= 11 is 5.94. The lowest BCUT2D eigenvalue weighted by Gasteiger charge is -2.11. The molecule has 0 spiro atoms.